The SMILES string of the molecule is O=C(O)c1cn(Cc2ccccc2-c2ccc(Br)cc2)c2cccnc2c1=O. The van der Waals surface area contributed by atoms with E-state index < -0.39 is 11.4 Å². The van der Waals surface area contributed by atoms with Gasteiger partial charge < -0.3 is 9.67 Å². The number of carboxylic acids is 1. The van der Waals surface area contributed by atoms with Crippen molar-refractivity contribution >= 4 is 32.9 Å². The monoisotopic (exact) mass is 434 g/mol. The number of carboxylic acid groups (broad SMARTS) is 1. The van der Waals surface area contributed by atoms with Crippen LogP contribution < -0.4 is 5.43 Å². The number of halogens is 1. The van der Waals surface area contributed by atoms with E-state index in [1.807, 2.05) is 48.5 Å². The van der Waals surface area contributed by atoms with Crippen LogP contribution in [0.4, 0.5) is 0 Å². The summed E-state index contributed by atoms with van der Waals surface area (Å²) in [6, 6.07) is 19.5. The van der Waals surface area contributed by atoms with Crippen molar-refractivity contribution in [2.45, 2.75) is 6.54 Å². The highest BCUT2D eigenvalue weighted by atomic mass is 79.9. The first-order valence-corrected chi connectivity index (χ1v) is 9.39. The Hall–Kier alpha value is -3.25. The Balaban J connectivity index is 1.88. The Morgan fingerprint density at radius 2 is 1.79 bits per heavy atom. The third kappa shape index (κ3) is 3.34. The standard InChI is InChI=1S/C22H15BrN2O3/c23-16-9-7-14(8-10-16)17-5-2-1-4-15(17)12-25-13-18(22(27)28)21(26)20-19(25)6-3-11-24-20/h1-11,13H,12H2,(H,27,28). The van der Waals surface area contributed by atoms with Gasteiger partial charge in [0.05, 0.1) is 5.52 Å². The van der Waals surface area contributed by atoms with Gasteiger partial charge in [-0.2, -0.15) is 0 Å². The van der Waals surface area contributed by atoms with Crippen molar-refractivity contribution in [3.63, 3.8) is 0 Å². The summed E-state index contributed by atoms with van der Waals surface area (Å²) in [6.45, 7) is 0.412. The molecule has 6 heteroatoms. The summed E-state index contributed by atoms with van der Waals surface area (Å²) in [7, 11) is 0. The molecular formula is C22H15BrN2O3. The molecule has 138 valence electrons. The third-order valence-corrected chi connectivity index (χ3v) is 5.11. The number of rotatable bonds is 4. The predicted molar refractivity (Wildman–Crippen MR) is 112 cm³/mol. The molecule has 2 heterocycles. The van der Waals surface area contributed by atoms with Gasteiger partial charge in [-0.25, -0.2) is 4.79 Å². The Morgan fingerprint density at radius 3 is 2.54 bits per heavy atom. The van der Waals surface area contributed by atoms with Crippen LogP contribution in [0.5, 0.6) is 0 Å². The molecule has 0 spiro atoms. The Labute approximate surface area is 169 Å². The van der Waals surface area contributed by atoms with Crippen molar-refractivity contribution in [3.8, 4) is 11.1 Å². The van der Waals surface area contributed by atoms with E-state index >= 15 is 0 Å². The maximum atomic E-state index is 12.4. The largest absolute Gasteiger partial charge is 0.477 e. The molecule has 0 unspecified atom stereocenters. The van der Waals surface area contributed by atoms with Gasteiger partial charge >= 0.3 is 5.97 Å². The molecule has 28 heavy (non-hydrogen) atoms. The summed E-state index contributed by atoms with van der Waals surface area (Å²) < 4.78 is 2.77. The number of hydrogen-bond acceptors (Lipinski definition) is 3. The summed E-state index contributed by atoms with van der Waals surface area (Å²) in [5.74, 6) is -1.26. The van der Waals surface area contributed by atoms with Gasteiger partial charge in [-0.15, -0.1) is 0 Å². The fourth-order valence-electron chi connectivity index (χ4n) is 3.25. The van der Waals surface area contributed by atoms with E-state index in [0.717, 1.165) is 21.2 Å². The zero-order valence-electron chi connectivity index (χ0n) is 14.7. The first kappa shape index (κ1) is 18.1. The molecule has 0 amide bonds. The minimum atomic E-state index is -1.26. The first-order chi connectivity index (χ1) is 13.5. The Morgan fingerprint density at radius 1 is 1.04 bits per heavy atom. The summed E-state index contributed by atoms with van der Waals surface area (Å²) in [6.07, 6.45) is 2.89. The van der Waals surface area contributed by atoms with Crippen LogP contribution in [-0.2, 0) is 6.54 Å². The molecule has 0 aliphatic heterocycles. The lowest BCUT2D eigenvalue weighted by Crippen LogP contribution is -2.20. The first-order valence-electron chi connectivity index (χ1n) is 8.60. The van der Waals surface area contributed by atoms with Gasteiger partial charge in [0.1, 0.15) is 11.1 Å². The van der Waals surface area contributed by atoms with E-state index in [2.05, 4.69) is 20.9 Å². The molecule has 0 aliphatic rings. The van der Waals surface area contributed by atoms with E-state index in [1.165, 1.54) is 12.4 Å². The zero-order chi connectivity index (χ0) is 19.7. The minimum absolute atomic E-state index is 0.156. The lowest BCUT2D eigenvalue weighted by Gasteiger charge is -2.15. The third-order valence-electron chi connectivity index (χ3n) is 4.58. The van der Waals surface area contributed by atoms with E-state index in [0.29, 0.717) is 12.1 Å². The molecule has 4 aromatic rings. The molecule has 0 saturated carbocycles. The van der Waals surface area contributed by atoms with Gasteiger partial charge in [-0.3, -0.25) is 9.78 Å². The number of carbonyl (C=O) groups is 1. The maximum absolute atomic E-state index is 12.4. The molecule has 4 rings (SSSR count). The van der Waals surface area contributed by atoms with Crippen molar-refractivity contribution < 1.29 is 9.90 Å². The van der Waals surface area contributed by atoms with Crippen molar-refractivity contribution in [2.24, 2.45) is 0 Å². The average Bonchev–Trinajstić information content (AvgIpc) is 2.71. The van der Waals surface area contributed by atoms with Gasteiger partial charge in [0.15, 0.2) is 0 Å². The highest BCUT2D eigenvalue weighted by Crippen LogP contribution is 2.26. The fraction of sp³-hybridized carbons (Fsp3) is 0.0455. The molecular weight excluding hydrogens is 420 g/mol. The molecule has 0 aliphatic carbocycles. The number of nitrogens with zero attached hydrogens (tertiary/aromatic N) is 2. The molecule has 0 radical (unpaired) electrons. The van der Waals surface area contributed by atoms with Crippen molar-refractivity contribution in [1.82, 2.24) is 9.55 Å². The second-order valence-electron chi connectivity index (χ2n) is 6.34. The van der Waals surface area contributed by atoms with Crippen LogP contribution in [0.2, 0.25) is 0 Å². The molecule has 1 N–H and O–H groups in total. The molecule has 0 atom stereocenters. The van der Waals surface area contributed by atoms with Crippen LogP contribution in [0.15, 0.2) is 82.3 Å². The number of hydrogen-bond donors (Lipinski definition) is 1. The van der Waals surface area contributed by atoms with Crippen LogP contribution >= 0.6 is 15.9 Å². The molecule has 0 saturated heterocycles. The Bertz CT molecular complexity index is 1250. The summed E-state index contributed by atoms with van der Waals surface area (Å²) in [4.78, 5) is 28.1. The number of benzene rings is 2. The Kier molecular flexibility index (Phi) is 4.79. The minimum Gasteiger partial charge on any atom is -0.477 e. The van der Waals surface area contributed by atoms with E-state index in [-0.39, 0.29) is 11.1 Å². The van der Waals surface area contributed by atoms with Crippen LogP contribution in [0, 0.1) is 0 Å². The second-order valence-corrected chi connectivity index (χ2v) is 7.26. The highest BCUT2D eigenvalue weighted by Gasteiger charge is 2.16. The predicted octanol–water partition coefficient (Wildman–Crippen LogP) is 4.57. The molecule has 2 aromatic carbocycles. The van der Waals surface area contributed by atoms with Crippen molar-refractivity contribution in [3.05, 3.63) is 98.9 Å². The maximum Gasteiger partial charge on any atom is 0.341 e. The van der Waals surface area contributed by atoms with E-state index in [1.54, 1.807) is 16.7 Å². The van der Waals surface area contributed by atoms with Gasteiger partial charge in [-0.05, 0) is 41.0 Å². The number of aromatic carboxylic acids is 1. The highest BCUT2D eigenvalue weighted by molar-refractivity contribution is 9.10. The smallest absolute Gasteiger partial charge is 0.341 e. The van der Waals surface area contributed by atoms with Crippen molar-refractivity contribution in [1.29, 1.82) is 0 Å². The quantitative estimate of drug-likeness (QED) is 0.510. The van der Waals surface area contributed by atoms with E-state index in [4.69, 9.17) is 0 Å². The topological polar surface area (TPSA) is 72.2 Å². The average molecular weight is 435 g/mol. The summed E-state index contributed by atoms with van der Waals surface area (Å²) in [5, 5.41) is 9.43. The summed E-state index contributed by atoms with van der Waals surface area (Å²) >= 11 is 3.45. The van der Waals surface area contributed by atoms with Crippen molar-refractivity contribution in [2.75, 3.05) is 0 Å². The van der Waals surface area contributed by atoms with Crippen LogP contribution in [0.1, 0.15) is 15.9 Å². The molecule has 2 aromatic heterocycles. The van der Waals surface area contributed by atoms with Gasteiger partial charge in [-0.1, -0.05) is 52.3 Å². The van der Waals surface area contributed by atoms with Gasteiger partial charge in [0.25, 0.3) is 0 Å². The van der Waals surface area contributed by atoms with Gasteiger partial charge in [0, 0.05) is 23.4 Å². The number of aromatic nitrogens is 2. The zero-order valence-corrected chi connectivity index (χ0v) is 16.3. The fourth-order valence-corrected chi connectivity index (χ4v) is 3.52. The van der Waals surface area contributed by atoms with Gasteiger partial charge in [0.2, 0.25) is 5.43 Å². The number of fused-ring (bicyclic) bond motifs is 1. The lowest BCUT2D eigenvalue weighted by molar-refractivity contribution is 0.0695. The number of pyridine rings is 2. The van der Waals surface area contributed by atoms with Crippen LogP contribution in [-0.4, -0.2) is 20.6 Å². The normalized spacial score (nSPS) is 10.9. The molecule has 0 fully saturated rings. The van der Waals surface area contributed by atoms with E-state index in [9.17, 15) is 14.7 Å². The molecule has 0 bridgehead atoms. The summed E-state index contributed by atoms with van der Waals surface area (Å²) in [5.41, 5.74) is 3.01. The lowest BCUT2D eigenvalue weighted by atomic mass is 9.99. The second kappa shape index (κ2) is 7.40. The van der Waals surface area contributed by atoms with Crippen LogP contribution in [0.3, 0.4) is 0 Å². The van der Waals surface area contributed by atoms with Crippen LogP contribution in [0.25, 0.3) is 22.2 Å². The molecule has 5 nitrogen and oxygen atoms in total.